The fourth-order valence-corrected chi connectivity index (χ4v) is 3.78. The van der Waals surface area contributed by atoms with Crippen molar-refractivity contribution in [2.75, 3.05) is 11.4 Å². The number of nitrogens with one attached hydrogen (secondary N) is 2. The molecule has 1 aromatic rings. The van der Waals surface area contributed by atoms with E-state index in [9.17, 15) is 14.4 Å². The predicted molar refractivity (Wildman–Crippen MR) is 102 cm³/mol. The first-order chi connectivity index (χ1) is 12.1. The second-order valence-corrected chi connectivity index (χ2v) is 7.32. The highest BCUT2D eigenvalue weighted by atomic mass is 35.5. The maximum atomic E-state index is 11.9. The lowest BCUT2D eigenvalue weighted by atomic mass is 9.88. The van der Waals surface area contributed by atoms with Gasteiger partial charge in [-0.2, -0.15) is 0 Å². The van der Waals surface area contributed by atoms with Crippen molar-refractivity contribution in [1.29, 1.82) is 0 Å². The number of rotatable bonds is 2. The van der Waals surface area contributed by atoms with Crippen molar-refractivity contribution < 1.29 is 14.4 Å². The van der Waals surface area contributed by atoms with Crippen LogP contribution in [-0.2, 0) is 9.59 Å². The van der Waals surface area contributed by atoms with Crippen molar-refractivity contribution in [3.05, 3.63) is 39.9 Å². The number of nitrogens with zero attached hydrogens (tertiary/aromatic N) is 1. The maximum absolute atomic E-state index is 11.9. The van der Waals surface area contributed by atoms with Crippen LogP contribution in [0.1, 0.15) is 38.8 Å². The smallest absolute Gasteiger partial charge is 0.328 e. The van der Waals surface area contributed by atoms with Gasteiger partial charge in [-0.1, -0.05) is 17.7 Å². The molecule has 2 heterocycles. The molecular weight excluding hydrogens is 354 g/mol. The van der Waals surface area contributed by atoms with Gasteiger partial charge in [0.1, 0.15) is 5.57 Å². The average molecular weight is 374 g/mol. The molecule has 0 spiro atoms. The molecular formula is C19H20ClN3O3. The first kappa shape index (κ1) is 18.2. The first-order valence-corrected chi connectivity index (χ1v) is 8.71. The summed E-state index contributed by atoms with van der Waals surface area (Å²) in [5, 5.41) is 4.54. The van der Waals surface area contributed by atoms with Gasteiger partial charge >= 0.3 is 6.03 Å². The molecule has 0 aromatic heterocycles. The van der Waals surface area contributed by atoms with E-state index in [0.717, 1.165) is 23.4 Å². The van der Waals surface area contributed by atoms with Crippen LogP contribution in [0.5, 0.6) is 0 Å². The molecule has 7 heteroatoms. The minimum atomic E-state index is -0.826. The predicted octanol–water partition coefficient (Wildman–Crippen LogP) is 3.11. The van der Waals surface area contributed by atoms with E-state index < -0.39 is 17.8 Å². The number of carbonyl (C=O) groups is 3. The Hall–Kier alpha value is -2.60. The Morgan fingerprint density at radius 3 is 2.35 bits per heavy atom. The Morgan fingerprint density at radius 2 is 1.77 bits per heavy atom. The number of allylic oxidation sites excluding steroid dienone is 1. The van der Waals surface area contributed by atoms with Gasteiger partial charge in [-0.05, 0) is 57.0 Å². The van der Waals surface area contributed by atoms with Crippen molar-refractivity contribution in [2.45, 2.75) is 33.2 Å². The Morgan fingerprint density at radius 1 is 1.15 bits per heavy atom. The average Bonchev–Trinajstić information content (AvgIpc) is 2.51. The quantitative estimate of drug-likeness (QED) is 0.616. The van der Waals surface area contributed by atoms with Gasteiger partial charge in [0, 0.05) is 22.8 Å². The van der Waals surface area contributed by atoms with Crippen molar-refractivity contribution in [2.24, 2.45) is 0 Å². The van der Waals surface area contributed by atoms with Crippen LogP contribution in [0.15, 0.2) is 23.8 Å². The SMILES string of the molecule is CCN1c2cc(Cl)c(C=C3C(=O)NC(=O)NC3=O)cc2C(C)=CC1(C)C. The van der Waals surface area contributed by atoms with Gasteiger partial charge in [0.05, 0.1) is 5.54 Å². The molecule has 2 aliphatic rings. The van der Waals surface area contributed by atoms with Crippen LogP contribution < -0.4 is 15.5 Å². The van der Waals surface area contributed by atoms with E-state index in [1.54, 1.807) is 0 Å². The molecule has 26 heavy (non-hydrogen) atoms. The number of benzene rings is 1. The number of halogens is 1. The number of likely N-dealkylation sites (N-methyl/N-ethyl adjacent to an activating group) is 1. The number of amides is 4. The lowest BCUT2D eigenvalue weighted by Gasteiger charge is -2.43. The molecule has 0 saturated carbocycles. The minimum Gasteiger partial charge on any atom is -0.363 e. The van der Waals surface area contributed by atoms with Crippen LogP contribution in [0.3, 0.4) is 0 Å². The molecule has 0 unspecified atom stereocenters. The number of anilines is 1. The molecule has 0 bridgehead atoms. The zero-order valence-corrected chi connectivity index (χ0v) is 15.8. The minimum absolute atomic E-state index is 0.140. The summed E-state index contributed by atoms with van der Waals surface area (Å²) < 4.78 is 0. The normalized spacial score (nSPS) is 18.8. The fraction of sp³-hybridized carbons (Fsp3) is 0.316. The van der Waals surface area contributed by atoms with E-state index in [4.69, 9.17) is 11.6 Å². The van der Waals surface area contributed by atoms with Crippen molar-refractivity contribution in [3.63, 3.8) is 0 Å². The van der Waals surface area contributed by atoms with Crippen LogP contribution in [0.25, 0.3) is 11.6 Å². The third-order valence-corrected chi connectivity index (χ3v) is 4.98. The summed E-state index contributed by atoms with van der Waals surface area (Å²) in [7, 11) is 0. The van der Waals surface area contributed by atoms with E-state index in [1.165, 1.54) is 6.08 Å². The van der Waals surface area contributed by atoms with Crippen molar-refractivity contribution in [1.82, 2.24) is 10.6 Å². The van der Waals surface area contributed by atoms with Crippen molar-refractivity contribution >= 4 is 46.8 Å². The summed E-state index contributed by atoms with van der Waals surface area (Å²) >= 11 is 6.45. The molecule has 0 aliphatic carbocycles. The van der Waals surface area contributed by atoms with E-state index in [2.05, 4.69) is 42.4 Å². The van der Waals surface area contributed by atoms with Gasteiger partial charge in [-0.15, -0.1) is 0 Å². The summed E-state index contributed by atoms with van der Waals surface area (Å²) in [6, 6.07) is 2.90. The number of hydrogen-bond donors (Lipinski definition) is 2. The summed E-state index contributed by atoms with van der Waals surface area (Å²) in [4.78, 5) is 37.3. The highest BCUT2D eigenvalue weighted by molar-refractivity contribution is 6.34. The van der Waals surface area contributed by atoms with Crippen LogP contribution in [0.4, 0.5) is 10.5 Å². The largest absolute Gasteiger partial charge is 0.363 e. The van der Waals surface area contributed by atoms with Crippen LogP contribution in [-0.4, -0.2) is 29.9 Å². The highest BCUT2D eigenvalue weighted by Crippen LogP contribution is 2.41. The summed E-state index contributed by atoms with van der Waals surface area (Å²) in [6.45, 7) is 9.20. The molecule has 0 radical (unpaired) electrons. The third-order valence-electron chi connectivity index (χ3n) is 4.66. The molecule has 0 atom stereocenters. The topological polar surface area (TPSA) is 78.5 Å². The molecule has 1 saturated heterocycles. The first-order valence-electron chi connectivity index (χ1n) is 8.33. The van der Waals surface area contributed by atoms with Crippen molar-refractivity contribution in [3.8, 4) is 0 Å². The Bertz CT molecular complexity index is 878. The van der Waals surface area contributed by atoms with Gasteiger partial charge in [-0.25, -0.2) is 4.79 Å². The molecule has 6 nitrogen and oxygen atoms in total. The number of carbonyl (C=O) groups excluding carboxylic acids is 3. The molecule has 1 fully saturated rings. The number of imide groups is 2. The number of urea groups is 1. The second kappa shape index (κ2) is 6.29. The van der Waals surface area contributed by atoms with Gasteiger partial charge < -0.3 is 4.90 Å². The molecule has 2 N–H and O–H groups in total. The summed E-state index contributed by atoms with van der Waals surface area (Å²) in [5.41, 5.74) is 3.35. The Labute approximate surface area is 156 Å². The summed E-state index contributed by atoms with van der Waals surface area (Å²) in [6.07, 6.45) is 3.59. The van der Waals surface area contributed by atoms with Gasteiger partial charge in [-0.3, -0.25) is 20.2 Å². The number of fused-ring (bicyclic) bond motifs is 1. The Kier molecular flexibility index (Phi) is 4.40. The van der Waals surface area contributed by atoms with Gasteiger partial charge in [0.25, 0.3) is 11.8 Å². The summed E-state index contributed by atoms with van der Waals surface area (Å²) in [5.74, 6) is -1.48. The second-order valence-electron chi connectivity index (χ2n) is 6.91. The van der Waals surface area contributed by atoms with Gasteiger partial charge in [0.2, 0.25) is 0 Å². The van der Waals surface area contributed by atoms with E-state index >= 15 is 0 Å². The lowest BCUT2D eigenvalue weighted by Crippen LogP contribution is -2.51. The van der Waals surface area contributed by atoms with E-state index in [1.807, 2.05) is 19.1 Å². The zero-order chi connectivity index (χ0) is 19.2. The number of barbiturate groups is 1. The van der Waals surface area contributed by atoms with E-state index in [-0.39, 0.29) is 11.1 Å². The Balaban J connectivity index is 2.12. The fourth-order valence-electron chi connectivity index (χ4n) is 3.56. The lowest BCUT2D eigenvalue weighted by molar-refractivity contribution is -0.123. The monoisotopic (exact) mass is 373 g/mol. The van der Waals surface area contributed by atoms with Crippen LogP contribution in [0.2, 0.25) is 5.02 Å². The standard InChI is InChI=1S/C19H20ClN3O3/c1-5-23-15-8-14(20)11(6-12(15)10(2)9-19(23,3)4)7-13-16(24)21-18(26)22-17(13)25/h6-9H,5H2,1-4H3,(H2,21,22,24,25,26). The molecule has 2 aliphatic heterocycles. The van der Waals surface area contributed by atoms with E-state index in [0.29, 0.717) is 10.6 Å². The number of hydrogen-bond acceptors (Lipinski definition) is 4. The zero-order valence-electron chi connectivity index (χ0n) is 15.1. The highest BCUT2D eigenvalue weighted by Gasteiger charge is 2.32. The maximum Gasteiger partial charge on any atom is 0.328 e. The molecule has 3 rings (SSSR count). The van der Waals surface area contributed by atoms with Crippen LogP contribution >= 0.6 is 11.6 Å². The molecule has 1 aromatic carbocycles. The van der Waals surface area contributed by atoms with Crippen LogP contribution in [0, 0.1) is 0 Å². The van der Waals surface area contributed by atoms with Gasteiger partial charge in [0.15, 0.2) is 0 Å². The molecule has 4 amide bonds. The molecule has 136 valence electrons. The third kappa shape index (κ3) is 3.01.